The van der Waals surface area contributed by atoms with Gasteiger partial charge in [-0.25, -0.2) is 0 Å². The Morgan fingerprint density at radius 3 is 2.52 bits per heavy atom. The van der Waals surface area contributed by atoms with Crippen molar-refractivity contribution in [3.8, 4) is 11.5 Å². The number of piperazine rings is 1. The summed E-state index contributed by atoms with van der Waals surface area (Å²) in [6.45, 7) is 7.24. The zero-order valence-corrected chi connectivity index (χ0v) is 15.5. The summed E-state index contributed by atoms with van der Waals surface area (Å²) < 4.78 is 11.0. The van der Waals surface area contributed by atoms with Crippen LogP contribution in [0.25, 0.3) is 0 Å². The van der Waals surface area contributed by atoms with Crippen molar-refractivity contribution < 1.29 is 9.47 Å². The molecule has 140 valence electrons. The van der Waals surface area contributed by atoms with E-state index in [4.69, 9.17) is 15.2 Å². The molecule has 3 unspecified atom stereocenters. The number of para-hydroxylation sites is 1. The molecule has 0 bridgehead atoms. The molecule has 1 aromatic carbocycles. The molecule has 0 spiro atoms. The molecule has 2 aliphatic heterocycles. The second-order valence-electron chi connectivity index (χ2n) is 6.93. The molecule has 25 heavy (non-hydrogen) atoms. The number of hydrogen-bond acceptors (Lipinski definition) is 7. The van der Waals surface area contributed by atoms with Crippen molar-refractivity contribution in [1.82, 2.24) is 20.4 Å². The zero-order valence-electron chi connectivity index (χ0n) is 15.5. The molecule has 3 atom stereocenters. The van der Waals surface area contributed by atoms with E-state index in [-0.39, 0.29) is 6.29 Å². The number of nitrogens with one attached hydrogen (secondary N) is 2. The first-order valence-electron chi connectivity index (χ1n) is 9.04. The average molecular weight is 349 g/mol. The Kier molecular flexibility index (Phi) is 6.14. The number of ether oxygens (including phenoxy) is 2. The maximum Gasteiger partial charge on any atom is 0.165 e. The second-order valence-corrected chi connectivity index (χ2v) is 6.93. The van der Waals surface area contributed by atoms with Crippen molar-refractivity contribution in [3.63, 3.8) is 0 Å². The van der Waals surface area contributed by atoms with Gasteiger partial charge in [0.2, 0.25) is 0 Å². The Balaban J connectivity index is 1.56. The normalized spacial score (nSPS) is 28.7. The quantitative estimate of drug-likeness (QED) is 0.709. The van der Waals surface area contributed by atoms with Crippen LogP contribution in [0.4, 0.5) is 0 Å². The lowest BCUT2D eigenvalue weighted by molar-refractivity contribution is 0.0445. The minimum Gasteiger partial charge on any atom is -0.493 e. The van der Waals surface area contributed by atoms with E-state index in [1.54, 1.807) is 14.2 Å². The zero-order chi connectivity index (χ0) is 17.8. The van der Waals surface area contributed by atoms with E-state index >= 15 is 0 Å². The number of nitrogens with zero attached hydrogens (tertiary/aromatic N) is 2. The van der Waals surface area contributed by atoms with Gasteiger partial charge >= 0.3 is 0 Å². The van der Waals surface area contributed by atoms with Gasteiger partial charge in [0.05, 0.1) is 20.4 Å². The van der Waals surface area contributed by atoms with Gasteiger partial charge in [0.1, 0.15) is 6.29 Å². The van der Waals surface area contributed by atoms with E-state index < -0.39 is 0 Å². The molecule has 0 saturated carbocycles. The van der Waals surface area contributed by atoms with Crippen LogP contribution >= 0.6 is 0 Å². The lowest BCUT2D eigenvalue weighted by atomic mass is 10.1. The first-order chi connectivity index (χ1) is 12.1. The summed E-state index contributed by atoms with van der Waals surface area (Å²) >= 11 is 0. The van der Waals surface area contributed by atoms with Crippen LogP contribution in [0.2, 0.25) is 0 Å². The lowest BCUT2D eigenvalue weighted by Gasteiger charge is -2.44. The molecule has 0 aromatic heterocycles. The van der Waals surface area contributed by atoms with Crippen molar-refractivity contribution in [3.05, 3.63) is 23.8 Å². The van der Waals surface area contributed by atoms with Crippen LogP contribution in [0.3, 0.4) is 0 Å². The highest BCUT2D eigenvalue weighted by Gasteiger charge is 2.30. The Morgan fingerprint density at radius 2 is 1.88 bits per heavy atom. The molecule has 0 radical (unpaired) electrons. The fourth-order valence-electron chi connectivity index (χ4n) is 3.84. The van der Waals surface area contributed by atoms with Crippen LogP contribution in [0.15, 0.2) is 18.2 Å². The maximum absolute atomic E-state index is 6.03. The second kappa shape index (κ2) is 8.33. The average Bonchev–Trinajstić information content (AvgIpc) is 2.61. The van der Waals surface area contributed by atoms with Crippen LogP contribution in [0.1, 0.15) is 18.9 Å². The topological polar surface area (TPSA) is 75.0 Å². The first kappa shape index (κ1) is 18.4. The van der Waals surface area contributed by atoms with Gasteiger partial charge in [-0.05, 0) is 19.4 Å². The summed E-state index contributed by atoms with van der Waals surface area (Å²) in [5.74, 6) is 1.63. The van der Waals surface area contributed by atoms with E-state index in [9.17, 15) is 0 Å². The smallest absolute Gasteiger partial charge is 0.165 e. The third-order valence-electron chi connectivity index (χ3n) is 5.14. The molecule has 0 aliphatic carbocycles. The third-order valence-corrected chi connectivity index (χ3v) is 5.14. The van der Waals surface area contributed by atoms with Gasteiger partial charge in [-0.2, -0.15) is 0 Å². The van der Waals surface area contributed by atoms with E-state index in [1.165, 1.54) is 5.56 Å². The van der Waals surface area contributed by atoms with Crippen molar-refractivity contribution in [2.75, 3.05) is 40.4 Å². The highest BCUT2D eigenvalue weighted by atomic mass is 16.5. The van der Waals surface area contributed by atoms with E-state index in [1.807, 2.05) is 12.1 Å². The predicted molar refractivity (Wildman–Crippen MR) is 98.5 cm³/mol. The van der Waals surface area contributed by atoms with Crippen molar-refractivity contribution in [1.29, 1.82) is 0 Å². The Morgan fingerprint density at radius 1 is 1.12 bits per heavy atom. The van der Waals surface area contributed by atoms with Crippen molar-refractivity contribution >= 4 is 0 Å². The molecule has 2 saturated heterocycles. The molecule has 2 fully saturated rings. The molecule has 2 aliphatic rings. The van der Waals surface area contributed by atoms with Gasteiger partial charge in [-0.3, -0.25) is 20.4 Å². The van der Waals surface area contributed by atoms with Crippen molar-refractivity contribution in [2.24, 2.45) is 5.73 Å². The summed E-state index contributed by atoms with van der Waals surface area (Å²) in [5, 5.41) is 6.77. The van der Waals surface area contributed by atoms with Gasteiger partial charge < -0.3 is 15.2 Å². The summed E-state index contributed by atoms with van der Waals surface area (Å²) in [4.78, 5) is 4.98. The fourth-order valence-corrected chi connectivity index (χ4v) is 3.84. The molecular formula is C18H31N5O2. The summed E-state index contributed by atoms with van der Waals surface area (Å²) in [6, 6.07) is 6.52. The van der Waals surface area contributed by atoms with Gasteiger partial charge in [0.25, 0.3) is 0 Å². The molecule has 3 rings (SSSR count). The fraction of sp³-hybridized carbons (Fsp3) is 0.667. The Hall–Kier alpha value is -1.38. The van der Waals surface area contributed by atoms with Crippen LogP contribution < -0.4 is 25.8 Å². The van der Waals surface area contributed by atoms with Crippen molar-refractivity contribution in [2.45, 2.75) is 38.4 Å². The summed E-state index contributed by atoms with van der Waals surface area (Å²) in [7, 11) is 3.38. The standard InChI is InChI=1S/C18H31N5O2/c1-13-11-16(21-18(19)20-13)23-9-7-22(8-10-23)12-14-5-4-6-15(24-2)17(14)25-3/h4-6,13,16,18,20-21H,7-12,19H2,1-3H3. The van der Waals surface area contributed by atoms with Gasteiger partial charge in [0.15, 0.2) is 11.5 Å². The number of hydrogen-bond donors (Lipinski definition) is 3. The van der Waals surface area contributed by atoms with Crippen LogP contribution in [-0.4, -0.2) is 68.7 Å². The van der Waals surface area contributed by atoms with E-state index in [2.05, 4.69) is 33.4 Å². The lowest BCUT2D eigenvalue weighted by Crippen LogP contribution is -2.67. The highest BCUT2D eigenvalue weighted by Crippen LogP contribution is 2.31. The van der Waals surface area contributed by atoms with Gasteiger partial charge in [0, 0.05) is 44.3 Å². The SMILES string of the molecule is COc1cccc(CN2CCN(C3CC(C)NC(N)N3)CC2)c1OC. The highest BCUT2D eigenvalue weighted by molar-refractivity contribution is 5.46. The van der Waals surface area contributed by atoms with E-state index in [0.29, 0.717) is 12.2 Å². The number of rotatable bonds is 5. The molecule has 2 heterocycles. The van der Waals surface area contributed by atoms with Crippen LogP contribution in [0.5, 0.6) is 11.5 Å². The molecule has 1 aromatic rings. The van der Waals surface area contributed by atoms with Crippen LogP contribution in [-0.2, 0) is 6.54 Å². The predicted octanol–water partition coefficient (Wildman–Crippen LogP) is 0.361. The molecule has 4 N–H and O–H groups in total. The minimum atomic E-state index is -0.118. The van der Waals surface area contributed by atoms with Crippen LogP contribution in [0, 0.1) is 0 Å². The third kappa shape index (κ3) is 4.43. The maximum atomic E-state index is 6.03. The van der Waals surface area contributed by atoms with Gasteiger partial charge in [-0.1, -0.05) is 12.1 Å². The van der Waals surface area contributed by atoms with E-state index in [0.717, 1.165) is 50.6 Å². The molecule has 0 amide bonds. The Labute approximate surface area is 150 Å². The number of benzene rings is 1. The Bertz CT molecular complexity index is 552. The minimum absolute atomic E-state index is 0.118. The molecule has 7 nitrogen and oxygen atoms in total. The molecular weight excluding hydrogens is 318 g/mol. The number of nitrogens with two attached hydrogens (primary N) is 1. The number of methoxy groups -OCH3 is 2. The largest absolute Gasteiger partial charge is 0.493 e. The summed E-state index contributed by atoms with van der Waals surface area (Å²) in [5.41, 5.74) is 7.20. The van der Waals surface area contributed by atoms with Gasteiger partial charge in [-0.15, -0.1) is 0 Å². The first-order valence-corrected chi connectivity index (χ1v) is 9.04. The molecule has 7 heteroatoms. The monoisotopic (exact) mass is 349 g/mol. The summed E-state index contributed by atoms with van der Waals surface area (Å²) in [6.07, 6.45) is 1.32.